The van der Waals surface area contributed by atoms with Crippen LogP contribution in [-0.4, -0.2) is 20.1 Å². The van der Waals surface area contributed by atoms with Crippen molar-refractivity contribution in [3.63, 3.8) is 0 Å². The van der Waals surface area contributed by atoms with E-state index < -0.39 is 35.3 Å². The molecular formula is C6H3F5Sn. The van der Waals surface area contributed by atoms with Gasteiger partial charge in [0.25, 0.3) is 0 Å². The zero-order valence-electron chi connectivity index (χ0n) is 5.62. The van der Waals surface area contributed by atoms with Crippen molar-refractivity contribution < 1.29 is 17.4 Å². The van der Waals surface area contributed by atoms with Crippen LogP contribution in [0, 0.1) is 11.6 Å². The van der Waals surface area contributed by atoms with Crippen LogP contribution in [0.5, 0.6) is 0 Å². The standard InChI is InChI=1S/C6H3F2.3FH.Sn/c7-5-3-1-2-4-6(5)8;;;;/h1-3H;3*1H;/q;;;;+3/p-3. The van der Waals surface area contributed by atoms with Gasteiger partial charge in [0.1, 0.15) is 0 Å². The predicted octanol–water partition coefficient (Wildman–Crippen LogP) is 2.02. The van der Waals surface area contributed by atoms with Gasteiger partial charge in [0.2, 0.25) is 0 Å². The van der Waals surface area contributed by atoms with Crippen molar-refractivity contribution in [1.82, 2.24) is 0 Å². The molecule has 0 bridgehead atoms. The molecule has 0 saturated carbocycles. The van der Waals surface area contributed by atoms with E-state index in [0.717, 1.165) is 6.07 Å². The van der Waals surface area contributed by atoms with Gasteiger partial charge in [-0.05, 0) is 0 Å². The SMILES string of the molecule is Fc1ccc[c]([Sn]([F])([F])[F])c1F. The van der Waals surface area contributed by atoms with E-state index in [1.54, 1.807) is 0 Å². The molecule has 0 heterocycles. The number of hydrogen-bond acceptors (Lipinski definition) is 0. The van der Waals surface area contributed by atoms with Crippen LogP contribution < -0.4 is 3.58 Å². The topological polar surface area (TPSA) is 0 Å². The van der Waals surface area contributed by atoms with E-state index in [2.05, 4.69) is 0 Å². The molecule has 1 aromatic rings. The van der Waals surface area contributed by atoms with Gasteiger partial charge in [-0.2, -0.15) is 0 Å². The summed E-state index contributed by atoms with van der Waals surface area (Å²) >= 11 is -6.93. The van der Waals surface area contributed by atoms with Crippen molar-refractivity contribution in [3.8, 4) is 0 Å². The maximum atomic E-state index is 12.5. The fourth-order valence-electron chi connectivity index (χ4n) is 0.723. The summed E-state index contributed by atoms with van der Waals surface area (Å²) in [7, 11) is 0. The van der Waals surface area contributed by atoms with Crippen LogP contribution >= 0.6 is 0 Å². The fraction of sp³-hybridized carbons (Fsp3) is 0. The van der Waals surface area contributed by atoms with E-state index in [1.165, 1.54) is 0 Å². The molecule has 0 aliphatic rings. The molecule has 0 saturated heterocycles. The molecule has 0 fully saturated rings. The van der Waals surface area contributed by atoms with Crippen molar-refractivity contribution in [2.75, 3.05) is 0 Å². The Labute approximate surface area is 71.2 Å². The molecule has 0 nitrogen and oxygen atoms in total. The van der Waals surface area contributed by atoms with Gasteiger partial charge in [0.15, 0.2) is 0 Å². The van der Waals surface area contributed by atoms with Crippen LogP contribution in [-0.2, 0) is 0 Å². The summed E-state index contributed by atoms with van der Waals surface area (Å²) in [5.41, 5.74) is 0. The number of rotatable bonds is 1. The van der Waals surface area contributed by atoms with E-state index in [4.69, 9.17) is 0 Å². The molecular weight excluding hydrogens is 286 g/mol. The van der Waals surface area contributed by atoms with Crippen LogP contribution in [0.15, 0.2) is 18.2 Å². The summed E-state index contributed by atoms with van der Waals surface area (Å²) < 4.78 is 59.4. The van der Waals surface area contributed by atoms with Gasteiger partial charge in [-0.15, -0.1) is 0 Å². The second-order valence-electron chi connectivity index (χ2n) is 2.10. The van der Waals surface area contributed by atoms with Crippen molar-refractivity contribution >= 4 is 23.7 Å². The Bertz CT molecular complexity index is 292. The normalized spacial score (nSPS) is 11.8. The molecule has 1 aromatic carbocycles. The minimum absolute atomic E-state index is 0.578. The Balaban J connectivity index is 3.26. The summed E-state index contributed by atoms with van der Waals surface area (Å²) in [6.07, 6.45) is 0. The monoisotopic (exact) mass is 290 g/mol. The molecule has 66 valence electrons. The van der Waals surface area contributed by atoms with Gasteiger partial charge >= 0.3 is 70.9 Å². The summed E-state index contributed by atoms with van der Waals surface area (Å²) in [5.74, 6) is -3.21. The third-order valence-electron chi connectivity index (χ3n) is 1.26. The van der Waals surface area contributed by atoms with E-state index >= 15 is 0 Å². The molecule has 0 unspecified atom stereocenters. The van der Waals surface area contributed by atoms with Crippen LogP contribution in [0.3, 0.4) is 0 Å². The first kappa shape index (κ1) is 9.75. The minimum atomic E-state index is -6.93. The summed E-state index contributed by atoms with van der Waals surface area (Å²) in [4.78, 5) is 0. The van der Waals surface area contributed by atoms with Gasteiger partial charge in [-0.1, -0.05) is 0 Å². The first-order valence-corrected chi connectivity index (χ1v) is 7.60. The zero-order chi connectivity index (χ0) is 9.35. The average Bonchev–Trinajstić information content (AvgIpc) is 1.92. The first-order valence-electron chi connectivity index (χ1n) is 2.94. The van der Waals surface area contributed by atoms with Crippen LogP contribution in [0.2, 0.25) is 0 Å². The number of halogens is 5. The Kier molecular flexibility index (Phi) is 2.60. The molecule has 0 spiro atoms. The summed E-state index contributed by atoms with van der Waals surface area (Å²) in [6, 6.07) is 2.10. The van der Waals surface area contributed by atoms with Crippen LogP contribution in [0.1, 0.15) is 0 Å². The van der Waals surface area contributed by atoms with Crippen molar-refractivity contribution in [1.29, 1.82) is 0 Å². The Morgan fingerprint density at radius 3 is 2.00 bits per heavy atom. The van der Waals surface area contributed by atoms with Crippen molar-refractivity contribution in [2.24, 2.45) is 0 Å². The molecule has 0 aromatic heterocycles. The second kappa shape index (κ2) is 3.19. The zero-order valence-corrected chi connectivity index (χ0v) is 8.48. The average molecular weight is 289 g/mol. The molecule has 0 radical (unpaired) electrons. The fourth-order valence-corrected chi connectivity index (χ4v) is 2.59. The third kappa shape index (κ3) is 1.88. The molecule has 12 heavy (non-hydrogen) atoms. The van der Waals surface area contributed by atoms with Gasteiger partial charge in [0, 0.05) is 0 Å². The van der Waals surface area contributed by atoms with E-state index in [-0.39, 0.29) is 0 Å². The Morgan fingerprint density at radius 1 is 1.00 bits per heavy atom. The van der Waals surface area contributed by atoms with Gasteiger partial charge in [0.05, 0.1) is 0 Å². The van der Waals surface area contributed by atoms with Gasteiger partial charge in [-0.3, -0.25) is 0 Å². The second-order valence-corrected chi connectivity index (χ2v) is 6.48. The molecule has 0 aliphatic heterocycles. The van der Waals surface area contributed by atoms with Crippen LogP contribution in [0.25, 0.3) is 0 Å². The van der Waals surface area contributed by atoms with Gasteiger partial charge < -0.3 is 0 Å². The van der Waals surface area contributed by atoms with E-state index in [1.807, 2.05) is 0 Å². The molecule has 0 atom stereocenters. The first-order chi connectivity index (χ1) is 5.43. The maximum absolute atomic E-state index is 12.5. The summed E-state index contributed by atoms with van der Waals surface area (Å²) in [5, 5.41) is 0. The summed E-state index contributed by atoms with van der Waals surface area (Å²) in [6.45, 7) is 0. The Hall–Kier alpha value is -0.331. The predicted molar refractivity (Wildman–Crippen MR) is 35.1 cm³/mol. The molecule has 0 aliphatic carbocycles. The molecule has 1 rings (SSSR count). The third-order valence-corrected chi connectivity index (χ3v) is 4.10. The van der Waals surface area contributed by atoms with E-state index in [0.29, 0.717) is 12.1 Å². The number of hydrogen-bond donors (Lipinski definition) is 0. The van der Waals surface area contributed by atoms with E-state index in [9.17, 15) is 17.4 Å². The van der Waals surface area contributed by atoms with Gasteiger partial charge in [-0.25, -0.2) is 0 Å². The quantitative estimate of drug-likeness (QED) is 0.548. The molecule has 0 N–H and O–H groups in total. The van der Waals surface area contributed by atoms with Crippen molar-refractivity contribution in [2.45, 2.75) is 0 Å². The van der Waals surface area contributed by atoms with Crippen molar-refractivity contribution in [3.05, 3.63) is 29.8 Å². The molecule has 6 heteroatoms. The molecule has 0 amide bonds. The van der Waals surface area contributed by atoms with Crippen LogP contribution in [0.4, 0.5) is 17.4 Å². The number of benzene rings is 1. The Morgan fingerprint density at radius 2 is 1.58 bits per heavy atom.